The van der Waals surface area contributed by atoms with Gasteiger partial charge in [-0.2, -0.15) is 0 Å². The number of ketones is 4. The van der Waals surface area contributed by atoms with Crippen LogP contribution in [-0.2, 0) is 69.3 Å². The minimum absolute atomic E-state index is 0.0758. The van der Waals surface area contributed by atoms with Crippen LogP contribution in [0.2, 0.25) is 5.02 Å². The topological polar surface area (TPSA) is 166 Å². The molecule has 1 aliphatic rings. The van der Waals surface area contributed by atoms with Crippen molar-refractivity contribution in [3.8, 4) is 11.1 Å². The van der Waals surface area contributed by atoms with Gasteiger partial charge in [-0.25, -0.2) is 0 Å². The maximum absolute atomic E-state index is 15.3. The van der Waals surface area contributed by atoms with Crippen molar-refractivity contribution in [2.75, 3.05) is 13.2 Å². The number of hydrogen-bond donors (Lipinski definition) is 0. The number of carbonyl (C=O) groups is 7. The lowest BCUT2D eigenvalue weighted by Crippen LogP contribution is -2.40. The van der Waals surface area contributed by atoms with Crippen LogP contribution >= 0.6 is 11.6 Å². The van der Waals surface area contributed by atoms with Crippen molar-refractivity contribution in [3.05, 3.63) is 202 Å². The lowest BCUT2D eigenvalue weighted by Gasteiger charge is -2.37. The van der Waals surface area contributed by atoms with Gasteiger partial charge in [0.15, 0.2) is 5.60 Å². The van der Waals surface area contributed by atoms with E-state index in [0.29, 0.717) is 21.7 Å². The molecule has 0 fully saturated rings. The summed E-state index contributed by atoms with van der Waals surface area (Å²) in [7, 11) is 0. The number of fused-ring (bicyclic) bond motifs is 3. The van der Waals surface area contributed by atoms with Crippen LogP contribution in [0.5, 0.6) is 0 Å². The number of Topliss-reactive ketones (excluding diaryl/α,β-unsaturated/α-hetero) is 4. The van der Waals surface area contributed by atoms with Crippen LogP contribution in [0.25, 0.3) is 11.1 Å². The van der Waals surface area contributed by atoms with E-state index in [1.807, 2.05) is 196 Å². The number of halogens is 1. The monoisotopic (exact) mass is 1260 g/mol. The van der Waals surface area contributed by atoms with E-state index in [1.165, 1.54) is 0 Å². The van der Waals surface area contributed by atoms with E-state index >= 15 is 24.0 Å². The highest BCUT2D eigenvalue weighted by molar-refractivity contribution is 6.31. The molecule has 12 nitrogen and oxygen atoms in total. The summed E-state index contributed by atoms with van der Waals surface area (Å²) in [6.45, 7) is 23.5. The zero-order valence-electron chi connectivity index (χ0n) is 55.5. The second kappa shape index (κ2) is 31.3. The van der Waals surface area contributed by atoms with Gasteiger partial charge in [-0.15, -0.1) is 0 Å². The van der Waals surface area contributed by atoms with Gasteiger partial charge in [-0.1, -0.05) is 183 Å². The third-order valence-corrected chi connectivity index (χ3v) is 16.9. The molecule has 13 heteroatoms. The highest BCUT2D eigenvalue weighted by Crippen LogP contribution is 2.46. The minimum atomic E-state index is -1.58. The number of hydrogen-bond acceptors (Lipinski definition) is 12. The Balaban J connectivity index is 1.18. The molecule has 0 saturated carbocycles. The molecule has 6 aromatic rings. The Morgan fingerprint density at radius 3 is 1.56 bits per heavy atom. The maximum Gasteiger partial charge on any atom is 0.310 e. The molecule has 0 heterocycles. The number of benzene rings is 6. The summed E-state index contributed by atoms with van der Waals surface area (Å²) in [6.07, 6.45) is -2.79. The van der Waals surface area contributed by atoms with E-state index in [1.54, 1.807) is 39.8 Å². The van der Waals surface area contributed by atoms with E-state index in [-0.39, 0.29) is 56.5 Å². The summed E-state index contributed by atoms with van der Waals surface area (Å²) in [5, 5.41) is 0.350. The first-order chi connectivity index (χ1) is 42.9. The van der Waals surface area contributed by atoms with E-state index in [4.69, 9.17) is 35.3 Å². The molecule has 7 atom stereocenters. The molecule has 484 valence electrons. The summed E-state index contributed by atoms with van der Waals surface area (Å²) >= 11 is 7.06. The fourth-order valence-electron chi connectivity index (χ4n) is 12.3. The van der Waals surface area contributed by atoms with Crippen LogP contribution in [0.15, 0.2) is 158 Å². The highest BCUT2D eigenvalue weighted by atomic mass is 35.5. The number of esters is 3. The summed E-state index contributed by atoms with van der Waals surface area (Å²) in [6, 6.07) is 49.6. The third kappa shape index (κ3) is 20.1. The first kappa shape index (κ1) is 71.1. The molecule has 7 rings (SSSR count). The predicted octanol–water partition coefficient (Wildman–Crippen LogP) is 16.2. The molecule has 0 spiro atoms. The molecule has 6 aromatic carbocycles. The molecule has 0 bridgehead atoms. The van der Waals surface area contributed by atoms with E-state index in [9.17, 15) is 9.59 Å². The van der Waals surface area contributed by atoms with Gasteiger partial charge < -0.3 is 23.7 Å². The van der Waals surface area contributed by atoms with Gasteiger partial charge in [0.05, 0.1) is 48.6 Å². The lowest BCUT2D eigenvalue weighted by molar-refractivity contribution is -0.161. The quantitative estimate of drug-likeness (QED) is 0.0230. The molecule has 1 aliphatic carbocycles. The SMILES string of the molecule is Cc1ccc(C(OC(=O)C(CC(=O)C(CC(=O)OC(C)(C)C)CC(=O)C(COC(C)(C)C)CC(=O)C(CC(=O)C(CC(=O)OCC2c3ccccc3-c3ccccc32)Cc2ccccc2)C(C)OC(C)(C)C)CC(C)C)(c2ccccc2)c2ccccc2Cl)cc1. The minimum Gasteiger partial charge on any atom is -0.465 e. The van der Waals surface area contributed by atoms with Gasteiger partial charge in [0.1, 0.15) is 35.3 Å². The van der Waals surface area contributed by atoms with Crippen LogP contribution in [0.1, 0.15) is 173 Å². The summed E-state index contributed by atoms with van der Waals surface area (Å²) in [5.41, 5.74) is 3.77. The van der Waals surface area contributed by atoms with Crippen LogP contribution < -0.4 is 0 Å². The Hall–Kier alpha value is -7.38. The Morgan fingerprint density at radius 2 is 0.989 bits per heavy atom. The van der Waals surface area contributed by atoms with Crippen molar-refractivity contribution in [1.29, 1.82) is 0 Å². The largest absolute Gasteiger partial charge is 0.465 e. The molecule has 0 saturated heterocycles. The maximum atomic E-state index is 15.3. The fraction of sp³-hybridized carbons (Fsp3) is 0.449. The van der Waals surface area contributed by atoms with Crippen molar-refractivity contribution >= 4 is 52.6 Å². The first-order valence-electron chi connectivity index (χ1n) is 32.0. The van der Waals surface area contributed by atoms with Crippen LogP contribution in [-0.4, -0.2) is 77.2 Å². The van der Waals surface area contributed by atoms with Gasteiger partial charge in [0.2, 0.25) is 0 Å². The van der Waals surface area contributed by atoms with Crippen molar-refractivity contribution in [2.24, 2.45) is 35.5 Å². The summed E-state index contributed by atoms with van der Waals surface area (Å²) in [5.74, 6) is -9.64. The number of ether oxygens (including phenoxy) is 5. The Kier molecular flexibility index (Phi) is 24.4. The standard InChI is InChI=1S/C78H93ClO12/c1-50(2)40-56(74(86)91-78(58-28-18-15-19-29-58,59-38-36-51(3)37-39-59)66-34-24-25-35-67(66)79)43-68(80)55(46-73(85)90-77(11,12)13)42-69(81)57(48-88-75(5,6)7)44-71(83)64(52(4)89-76(8,9)10)47-70(82)54(41-53-26-16-14-17-27-53)45-72(84)87-49-65-62-32-22-20-30-60(62)61-31-21-23-33-63(61)65/h14-39,50,52,54-57,64-65H,40-49H2,1-13H3. The van der Waals surface area contributed by atoms with Gasteiger partial charge >= 0.3 is 17.9 Å². The summed E-state index contributed by atoms with van der Waals surface area (Å²) in [4.78, 5) is 104. The second-order valence-corrected chi connectivity index (χ2v) is 28.4. The van der Waals surface area contributed by atoms with Crippen molar-refractivity contribution in [1.82, 2.24) is 0 Å². The first-order valence-corrected chi connectivity index (χ1v) is 32.4. The average Bonchev–Trinajstić information content (AvgIpc) is 1.15. The van der Waals surface area contributed by atoms with Crippen molar-refractivity contribution in [2.45, 2.75) is 176 Å². The third-order valence-electron chi connectivity index (χ3n) is 16.5. The van der Waals surface area contributed by atoms with Gasteiger partial charge in [-0.05, 0) is 129 Å². The Labute approximate surface area is 544 Å². The molecule has 0 radical (unpaired) electrons. The number of carbonyl (C=O) groups excluding carboxylic acids is 7. The van der Waals surface area contributed by atoms with Crippen LogP contribution in [0.4, 0.5) is 0 Å². The van der Waals surface area contributed by atoms with E-state index in [2.05, 4.69) is 12.1 Å². The molecular formula is C78H93ClO12. The van der Waals surface area contributed by atoms with Crippen molar-refractivity contribution in [3.63, 3.8) is 0 Å². The molecule has 91 heavy (non-hydrogen) atoms. The van der Waals surface area contributed by atoms with Gasteiger partial charge in [0, 0.05) is 71.1 Å². The van der Waals surface area contributed by atoms with Gasteiger partial charge in [0.25, 0.3) is 0 Å². The molecule has 0 amide bonds. The smallest absolute Gasteiger partial charge is 0.310 e. The Morgan fingerprint density at radius 1 is 0.484 bits per heavy atom. The normalized spacial score (nSPS) is 15.2. The summed E-state index contributed by atoms with van der Waals surface area (Å²) < 4.78 is 31.5. The van der Waals surface area contributed by atoms with Gasteiger partial charge in [-0.3, -0.25) is 33.6 Å². The zero-order valence-corrected chi connectivity index (χ0v) is 56.2. The second-order valence-electron chi connectivity index (χ2n) is 28.0. The molecule has 7 unspecified atom stereocenters. The zero-order chi connectivity index (χ0) is 66.4. The van der Waals surface area contributed by atoms with E-state index < -0.39 is 119 Å². The lowest BCUT2D eigenvalue weighted by atomic mass is 9.79. The average molecular weight is 1260 g/mol. The highest BCUT2D eigenvalue weighted by Gasteiger charge is 2.45. The van der Waals surface area contributed by atoms with E-state index in [0.717, 1.165) is 33.4 Å². The van der Waals surface area contributed by atoms with Crippen LogP contribution in [0.3, 0.4) is 0 Å². The molecular weight excluding hydrogens is 1160 g/mol. The van der Waals surface area contributed by atoms with Crippen LogP contribution in [0, 0.1) is 42.4 Å². The van der Waals surface area contributed by atoms with Crippen molar-refractivity contribution < 1.29 is 57.2 Å². The molecule has 0 aliphatic heterocycles. The fourth-order valence-corrected chi connectivity index (χ4v) is 12.5. The molecule has 0 aromatic heterocycles. The number of aryl methyl sites for hydroxylation is 1. The predicted molar refractivity (Wildman–Crippen MR) is 356 cm³/mol. The Bertz CT molecular complexity index is 3420. The number of rotatable bonds is 31. The molecule has 0 N–H and O–H groups in total.